The molecular formula is C22H26N2O6. The Labute approximate surface area is 175 Å². The van der Waals surface area contributed by atoms with Gasteiger partial charge in [0, 0.05) is 12.7 Å². The molecule has 0 aromatic heterocycles. The van der Waals surface area contributed by atoms with Crippen LogP contribution in [0.1, 0.15) is 21.5 Å². The quantitative estimate of drug-likeness (QED) is 0.668. The number of benzene rings is 2. The van der Waals surface area contributed by atoms with Crippen LogP contribution in [-0.4, -0.2) is 57.1 Å². The van der Waals surface area contributed by atoms with Crippen LogP contribution in [0.5, 0.6) is 11.5 Å². The number of amides is 2. The summed E-state index contributed by atoms with van der Waals surface area (Å²) in [5.41, 5.74) is 2.98. The molecule has 0 aliphatic rings. The molecule has 0 radical (unpaired) electrons. The molecule has 0 atom stereocenters. The molecular weight excluding hydrogens is 388 g/mol. The van der Waals surface area contributed by atoms with Crippen molar-refractivity contribution in [3.8, 4) is 11.5 Å². The van der Waals surface area contributed by atoms with E-state index in [9.17, 15) is 14.4 Å². The Morgan fingerprint density at radius 3 is 2.40 bits per heavy atom. The molecule has 0 aliphatic carbocycles. The zero-order valence-corrected chi connectivity index (χ0v) is 17.8. The topological polar surface area (TPSA) is 94.2 Å². The van der Waals surface area contributed by atoms with E-state index in [1.54, 1.807) is 0 Å². The standard InChI is InChI=1S/C22H26N2O6/c1-14-6-7-15(2)17(10-14)23-20(25)12-24(3)21(26)13-30-18-9-8-16(22(27)29-5)11-19(18)28-4/h6-11H,12-13H2,1-5H3,(H,23,25). The zero-order valence-electron chi connectivity index (χ0n) is 17.8. The van der Waals surface area contributed by atoms with E-state index in [1.807, 2.05) is 32.0 Å². The first-order chi connectivity index (χ1) is 14.2. The molecule has 0 unspecified atom stereocenters. The molecule has 0 spiro atoms. The maximum Gasteiger partial charge on any atom is 0.337 e. The molecule has 0 fully saturated rings. The van der Waals surface area contributed by atoms with Gasteiger partial charge < -0.3 is 24.4 Å². The third kappa shape index (κ3) is 5.97. The van der Waals surface area contributed by atoms with E-state index >= 15 is 0 Å². The van der Waals surface area contributed by atoms with E-state index < -0.39 is 5.97 Å². The molecule has 0 saturated heterocycles. The Hall–Kier alpha value is -3.55. The maximum atomic E-state index is 12.4. The van der Waals surface area contributed by atoms with Gasteiger partial charge in [-0.3, -0.25) is 9.59 Å². The summed E-state index contributed by atoms with van der Waals surface area (Å²) < 4.78 is 15.4. The van der Waals surface area contributed by atoms with Crippen molar-refractivity contribution in [2.45, 2.75) is 13.8 Å². The summed E-state index contributed by atoms with van der Waals surface area (Å²) >= 11 is 0. The largest absolute Gasteiger partial charge is 0.493 e. The van der Waals surface area contributed by atoms with Crippen molar-refractivity contribution >= 4 is 23.5 Å². The van der Waals surface area contributed by atoms with Gasteiger partial charge in [-0.25, -0.2) is 4.79 Å². The zero-order chi connectivity index (χ0) is 22.3. The number of nitrogens with one attached hydrogen (secondary N) is 1. The lowest BCUT2D eigenvalue weighted by atomic mass is 10.1. The minimum Gasteiger partial charge on any atom is -0.493 e. The minimum atomic E-state index is -0.509. The van der Waals surface area contributed by atoms with Crippen LogP contribution in [0, 0.1) is 13.8 Å². The van der Waals surface area contributed by atoms with Gasteiger partial charge >= 0.3 is 5.97 Å². The second-order valence-electron chi connectivity index (χ2n) is 6.76. The fraction of sp³-hybridized carbons (Fsp3) is 0.318. The van der Waals surface area contributed by atoms with Gasteiger partial charge in [0.2, 0.25) is 5.91 Å². The van der Waals surface area contributed by atoms with Crippen LogP contribution in [0.15, 0.2) is 36.4 Å². The smallest absolute Gasteiger partial charge is 0.337 e. The summed E-state index contributed by atoms with van der Waals surface area (Å²) in [4.78, 5) is 37.5. The number of methoxy groups -OCH3 is 2. The van der Waals surface area contributed by atoms with Crippen LogP contribution in [0.2, 0.25) is 0 Å². The molecule has 2 rings (SSSR count). The number of likely N-dealkylation sites (N-methyl/N-ethyl adjacent to an activating group) is 1. The predicted molar refractivity (Wildman–Crippen MR) is 112 cm³/mol. The summed E-state index contributed by atoms with van der Waals surface area (Å²) in [6, 6.07) is 10.3. The highest BCUT2D eigenvalue weighted by Gasteiger charge is 2.17. The van der Waals surface area contributed by atoms with Gasteiger partial charge in [0.15, 0.2) is 18.1 Å². The molecule has 8 nitrogen and oxygen atoms in total. The van der Waals surface area contributed by atoms with E-state index in [0.29, 0.717) is 22.7 Å². The highest BCUT2D eigenvalue weighted by Crippen LogP contribution is 2.28. The number of esters is 1. The van der Waals surface area contributed by atoms with Crippen molar-refractivity contribution in [3.63, 3.8) is 0 Å². The molecule has 0 heterocycles. The number of anilines is 1. The average Bonchev–Trinajstić information content (AvgIpc) is 2.73. The van der Waals surface area contributed by atoms with E-state index in [1.165, 1.54) is 44.4 Å². The number of hydrogen-bond donors (Lipinski definition) is 1. The lowest BCUT2D eigenvalue weighted by molar-refractivity contribution is -0.135. The molecule has 0 saturated carbocycles. The molecule has 0 aliphatic heterocycles. The summed E-state index contributed by atoms with van der Waals surface area (Å²) in [5, 5.41) is 2.81. The SMILES string of the molecule is COC(=O)c1ccc(OCC(=O)N(C)CC(=O)Nc2cc(C)ccc2C)c(OC)c1. The van der Waals surface area contributed by atoms with Gasteiger partial charge in [-0.05, 0) is 49.2 Å². The number of ether oxygens (including phenoxy) is 3. The molecule has 2 aromatic carbocycles. The second kappa shape index (κ2) is 10.3. The van der Waals surface area contributed by atoms with Crippen LogP contribution >= 0.6 is 0 Å². The van der Waals surface area contributed by atoms with E-state index in [0.717, 1.165) is 11.1 Å². The molecule has 160 valence electrons. The first-order valence-electron chi connectivity index (χ1n) is 9.25. The Bertz CT molecular complexity index is 941. The number of carbonyl (C=O) groups is 3. The lowest BCUT2D eigenvalue weighted by Gasteiger charge is -2.18. The molecule has 30 heavy (non-hydrogen) atoms. The Balaban J connectivity index is 1.93. The number of aryl methyl sites for hydroxylation is 2. The first-order valence-corrected chi connectivity index (χ1v) is 9.25. The van der Waals surface area contributed by atoms with E-state index in [-0.39, 0.29) is 25.0 Å². The van der Waals surface area contributed by atoms with Gasteiger partial charge in [0.25, 0.3) is 5.91 Å². The van der Waals surface area contributed by atoms with Crippen molar-refractivity contribution in [3.05, 3.63) is 53.1 Å². The van der Waals surface area contributed by atoms with Crippen LogP contribution in [0.3, 0.4) is 0 Å². The highest BCUT2D eigenvalue weighted by molar-refractivity contribution is 5.95. The molecule has 0 bridgehead atoms. The highest BCUT2D eigenvalue weighted by atomic mass is 16.5. The van der Waals surface area contributed by atoms with Crippen LogP contribution in [-0.2, 0) is 14.3 Å². The number of carbonyl (C=O) groups excluding carboxylic acids is 3. The van der Waals surface area contributed by atoms with Gasteiger partial charge in [-0.15, -0.1) is 0 Å². The third-order valence-electron chi connectivity index (χ3n) is 4.41. The fourth-order valence-corrected chi connectivity index (χ4v) is 2.65. The number of hydrogen-bond acceptors (Lipinski definition) is 6. The second-order valence-corrected chi connectivity index (χ2v) is 6.76. The van der Waals surface area contributed by atoms with Crippen molar-refractivity contribution in [1.29, 1.82) is 0 Å². The van der Waals surface area contributed by atoms with Gasteiger partial charge in [0.05, 0.1) is 26.3 Å². The monoisotopic (exact) mass is 414 g/mol. The molecule has 2 amide bonds. The van der Waals surface area contributed by atoms with Gasteiger partial charge in [-0.2, -0.15) is 0 Å². The van der Waals surface area contributed by atoms with E-state index in [4.69, 9.17) is 9.47 Å². The van der Waals surface area contributed by atoms with Gasteiger partial charge in [0.1, 0.15) is 0 Å². The van der Waals surface area contributed by atoms with Crippen molar-refractivity contribution in [1.82, 2.24) is 4.90 Å². The Morgan fingerprint density at radius 2 is 1.73 bits per heavy atom. The van der Waals surface area contributed by atoms with Gasteiger partial charge in [-0.1, -0.05) is 12.1 Å². The van der Waals surface area contributed by atoms with Crippen LogP contribution in [0.25, 0.3) is 0 Å². The summed E-state index contributed by atoms with van der Waals surface area (Å²) in [5.74, 6) is -0.608. The van der Waals surface area contributed by atoms with Crippen molar-refractivity contribution in [2.24, 2.45) is 0 Å². The fourth-order valence-electron chi connectivity index (χ4n) is 2.65. The molecule has 1 N–H and O–H groups in total. The van der Waals surface area contributed by atoms with E-state index in [2.05, 4.69) is 10.1 Å². The van der Waals surface area contributed by atoms with Crippen LogP contribution in [0.4, 0.5) is 5.69 Å². The average molecular weight is 414 g/mol. The maximum absolute atomic E-state index is 12.4. The summed E-state index contributed by atoms with van der Waals surface area (Å²) in [6.07, 6.45) is 0. The predicted octanol–water partition coefficient (Wildman–Crippen LogP) is 2.57. The minimum absolute atomic E-state index is 0.117. The Morgan fingerprint density at radius 1 is 1.00 bits per heavy atom. The van der Waals surface area contributed by atoms with Crippen molar-refractivity contribution in [2.75, 3.05) is 39.7 Å². The van der Waals surface area contributed by atoms with Crippen LogP contribution < -0.4 is 14.8 Å². The molecule has 8 heteroatoms. The summed E-state index contributed by atoms with van der Waals surface area (Å²) in [6.45, 7) is 3.43. The number of nitrogens with zero attached hydrogens (tertiary/aromatic N) is 1. The number of rotatable bonds is 8. The first kappa shape index (κ1) is 22.7. The third-order valence-corrected chi connectivity index (χ3v) is 4.41. The molecule has 2 aromatic rings. The van der Waals surface area contributed by atoms with Crippen molar-refractivity contribution < 1.29 is 28.6 Å². The Kier molecular flexibility index (Phi) is 7.80. The normalized spacial score (nSPS) is 10.2. The summed E-state index contributed by atoms with van der Waals surface area (Å²) in [7, 11) is 4.23. The lowest BCUT2D eigenvalue weighted by Crippen LogP contribution is -2.37.